The zero-order valence-electron chi connectivity index (χ0n) is 21.8. The van der Waals surface area contributed by atoms with Crippen LogP contribution in [0.25, 0.3) is 0 Å². The Morgan fingerprint density at radius 2 is 1.77 bits per heavy atom. The van der Waals surface area contributed by atoms with Gasteiger partial charge in [-0.05, 0) is 56.5 Å². The fourth-order valence-electron chi connectivity index (χ4n) is 4.04. The number of aromatic nitrogens is 1. The van der Waals surface area contributed by atoms with Gasteiger partial charge in [0, 0.05) is 18.7 Å². The second-order valence-electron chi connectivity index (χ2n) is 10.1. The van der Waals surface area contributed by atoms with Crippen LogP contribution in [0.2, 0.25) is 0 Å². The maximum absolute atomic E-state index is 13.6. The number of benzene rings is 1. The molecule has 2 aliphatic rings. The summed E-state index contributed by atoms with van der Waals surface area (Å²) in [7, 11) is 0. The number of ether oxygens (including phenoxy) is 1. The van der Waals surface area contributed by atoms with Gasteiger partial charge in [0.2, 0.25) is 0 Å². The molecule has 4 rings (SSSR count). The summed E-state index contributed by atoms with van der Waals surface area (Å²) in [5.74, 6) is -2.16. The van der Waals surface area contributed by atoms with E-state index in [0.717, 1.165) is 12.3 Å². The molecule has 1 atom stereocenters. The minimum absolute atomic E-state index is 0.0273. The Balaban J connectivity index is 1.60. The van der Waals surface area contributed by atoms with Gasteiger partial charge in [-0.15, -0.1) is 0 Å². The van der Waals surface area contributed by atoms with Crippen LogP contribution in [0.15, 0.2) is 64.8 Å². The second-order valence-corrected chi connectivity index (χ2v) is 11.1. The molecule has 0 fully saturated rings. The molecule has 2 heterocycles. The van der Waals surface area contributed by atoms with E-state index in [-0.39, 0.29) is 30.1 Å². The number of hydrogen-bond acceptors (Lipinski definition) is 7. The molecule has 1 unspecified atom stereocenters. The number of hydrazine groups is 1. The Bertz CT molecular complexity index is 1370. The zero-order chi connectivity index (χ0) is 29.2. The van der Waals surface area contributed by atoms with E-state index in [1.54, 1.807) is 20.8 Å². The van der Waals surface area contributed by atoms with E-state index < -0.39 is 47.0 Å². The largest absolute Gasteiger partial charge is 0.443 e. The van der Waals surface area contributed by atoms with Crippen LogP contribution in [0.4, 0.5) is 22.4 Å². The lowest BCUT2D eigenvalue weighted by Crippen LogP contribution is -2.45. The molecule has 8 nitrogen and oxygen atoms in total. The molecular formula is C27H26F4N4O4S. The number of hydrogen-bond donors (Lipinski definition) is 2. The number of pyridine rings is 1. The molecule has 1 aromatic carbocycles. The lowest BCUT2D eigenvalue weighted by Gasteiger charge is -2.28. The molecule has 0 saturated heterocycles. The van der Waals surface area contributed by atoms with Crippen LogP contribution in [0, 0.1) is 11.7 Å². The van der Waals surface area contributed by atoms with Gasteiger partial charge < -0.3 is 10.1 Å². The van der Waals surface area contributed by atoms with Gasteiger partial charge in [0.15, 0.2) is 5.78 Å². The summed E-state index contributed by atoms with van der Waals surface area (Å²) in [5, 5.41) is 4.05. The lowest BCUT2D eigenvalue weighted by atomic mass is 9.87. The van der Waals surface area contributed by atoms with E-state index in [2.05, 4.69) is 15.7 Å². The second kappa shape index (κ2) is 11.3. The SMILES string of the molecule is CC(C)(C)OC(=O)NN1CSC2=C1C(=O)C(Cc1ccc(C(F)(F)F)nc1)C=C2C(=O)NCc1ccc(F)cc1. The predicted molar refractivity (Wildman–Crippen MR) is 138 cm³/mol. The highest BCUT2D eigenvalue weighted by Gasteiger charge is 2.41. The van der Waals surface area contributed by atoms with Crippen molar-refractivity contribution in [2.75, 3.05) is 5.88 Å². The van der Waals surface area contributed by atoms with Crippen molar-refractivity contribution in [1.29, 1.82) is 0 Å². The number of ketones is 1. The average molecular weight is 579 g/mol. The third-order valence-electron chi connectivity index (χ3n) is 5.81. The first kappa shape index (κ1) is 29.1. The highest BCUT2D eigenvalue weighted by Crippen LogP contribution is 2.42. The number of thioether (sulfide) groups is 1. The van der Waals surface area contributed by atoms with Gasteiger partial charge in [-0.3, -0.25) is 19.6 Å². The fourth-order valence-corrected chi connectivity index (χ4v) is 5.15. The summed E-state index contributed by atoms with van der Waals surface area (Å²) in [6.45, 7) is 5.14. The average Bonchev–Trinajstić information content (AvgIpc) is 3.27. The van der Waals surface area contributed by atoms with Gasteiger partial charge in [0.05, 0.1) is 16.4 Å². The molecule has 1 aliphatic heterocycles. The first-order valence-corrected chi connectivity index (χ1v) is 13.2. The minimum Gasteiger partial charge on any atom is -0.443 e. The summed E-state index contributed by atoms with van der Waals surface area (Å²) < 4.78 is 57.4. The molecule has 40 heavy (non-hydrogen) atoms. The number of carbonyl (C=O) groups is 3. The van der Waals surface area contributed by atoms with Crippen molar-refractivity contribution < 1.29 is 36.7 Å². The van der Waals surface area contributed by atoms with Gasteiger partial charge in [-0.25, -0.2) is 14.6 Å². The highest BCUT2D eigenvalue weighted by atomic mass is 32.2. The van der Waals surface area contributed by atoms with E-state index in [9.17, 15) is 31.9 Å². The van der Waals surface area contributed by atoms with Crippen LogP contribution in [-0.2, 0) is 33.5 Å². The molecule has 1 aliphatic carbocycles. The Kier molecular flexibility index (Phi) is 8.24. The predicted octanol–water partition coefficient (Wildman–Crippen LogP) is 4.88. The molecule has 212 valence electrons. The first-order chi connectivity index (χ1) is 18.7. The fraction of sp³-hybridized carbons (Fsp3) is 0.333. The van der Waals surface area contributed by atoms with Crippen molar-refractivity contribution in [1.82, 2.24) is 20.7 Å². The molecule has 2 aromatic rings. The molecular weight excluding hydrogens is 552 g/mol. The van der Waals surface area contributed by atoms with Gasteiger partial charge in [-0.2, -0.15) is 13.2 Å². The number of allylic oxidation sites excluding steroid dienone is 2. The number of nitrogens with zero attached hydrogens (tertiary/aromatic N) is 2. The number of nitrogens with one attached hydrogen (secondary N) is 2. The molecule has 2 N–H and O–H groups in total. The molecule has 0 radical (unpaired) electrons. The highest BCUT2D eigenvalue weighted by molar-refractivity contribution is 8.03. The van der Waals surface area contributed by atoms with Crippen molar-refractivity contribution in [3.63, 3.8) is 0 Å². The quantitative estimate of drug-likeness (QED) is 0.472. The normalized spacial score (nSPS) is 17.4. The van der Waals surface area contributed by atoms with E-state index in [1.165, 1.54) is 53.2 Å². The number of rotatable bonds is 6. The Labute approximate surface area is 231 Å². The van der Waals surface area contributed by atoms with E-state index >= 15 is 0 Å². The monoisotopic (exact) mass is 578 g/mol. The third kappa shape index (κ3) is 7.00. The van der Waals surface area contributed by atoms with Crippen molar-refractivity contribution >= 4 is 29.5 Å². The molecule has 2 amide bonds. The summed E-state index contributed by atoms with van der Waals surface area (Å²) in [6, 6.07) is 7.64. The number of halogens is 4. The summed E-state index contributed by atoms with van der Waals surface area (Å²) in [6.07, 6.45) is -2.91. The maximum atomic E-state index is 13.6. The van der Waals surface area contributed by atoms with Crippen LogP contribution in [-0.4, -0.2) is 39.3 Å². The van der Waals surface area contributed by atoms with E-state index in [4.69, 9.17) is 4.74 Å². The standard InChI is InChI=1S/C27H26F4N4O4S/c1-26(2,3)39-25(38)34-35-14-40-23-19(24(37)33-12-15-4-7-18(28)8-5-15)11-17(22(36)21(23)35)10-16-6-9-20(32-13-16)27(29,30)31/h4-9,11,13,17H,10,12,14H2,1-3H3,(H,33,37)(H,34,38). The van der Waals surface area contributed by atoms with Crippen LogP contribution in [0.1, 0.15) is 37.6 Å². The Morgan fingerprint density at radius 3 is 2.38 bits per heavy atom. The van der Waals surface area contributed by atoms with Crippen molar-refractivity contribution in [3.05, 3.63) is 87.5 Å². The topological polar surface area (TPSA) is 101 Å². The van der Waals surface area contributed by atoms with Crippen molar-refractivity contribution in [2.24, 2.45) is 5.92 Å². The van der Waals surface area contributed by atoms with E-state index in [1.807, 2.05) is 0 Å². The van der Waals surface area contributed by atoms with Crippen LogP contribution in [0.5, 0.6) is 0 Å². The maximum Gasteiger partial charge on any atom is 0.433 e. The Hall–Kier alpha value is -3.87. The van der Waals surface area contributed by atoms with Crippen LogP contribution >= 0.6 is 11.8 Å². The third-order valence-corrected chi connectivity index (χ3v) is 6.90. The number of alkyl halides is 3. The number of Topliss-reactive ketones (excluding diaryl/α,β-unsaturated/α-hetero) is 1. The smallest absolute Gasteiger partial charge is 0.433 e. The lowest BCUT2D eigenvalue weighted by molar-refractivity contribution is -0.141. The van der Waals surface area contributed by atoms with Gasteiger partial charge >= 0.3 is 12.3 Å². The summed E-state index contributed by atoms with van der Waals surface area (Å²) in [4.78, 5) is 43.1. The van der Waals surface area contributed by atoms with Gasteiger partial charge in [0.1, 0.15) is 22.8 Å². The van der Waals surface area contributed by atoms with Crippen LogP contribution in [0.3, 0.4) is 0 Å². The van der Waals surface area contributed by atoms with Crippen molar-refractivity contribution in [2.45, 2.75) is 45.5 Å². The van der Waals surface area contributed by atoms with Crippen LogP contribution < -0.4 is 10.7 Å². The summed E-state index contributed by atoms with van der Waals surface area (Å²) in [5.41, 5.74) is 1.94. The number of amides is 2. The van der Waals surface area contributed by atoms with Gasteiger partial charge in [-0.1, -0.05) is 36.0 Å². The summed E-state index contributed by atoms with van der Waals surface area (Å²) >= 11 is 1.17. The Morgan fingerprint density at radius 1 is 1.10 bits per heavy atom. The molecule has 0 saturated carbocycles. The molecule has 0 bridgehead atoms. The minimum atomic E-state index is -4.61. The number of carbonyl (C=O) groups excluding carboxylic acids is 3. The molecule has 13 heteroatoms. The van der Waals surface area contributed by atoms with Crippen molar-refractivity contribution in [3.8, 4) is 0 Å². The first-order valence-electron chi connectivity index (χ1n) is 12.2. The van der Waals surface area contributed by atoms with E-state index in [0.29, 0.717) is 16.0 Å². The molecule has 1 aromatic heterocycles. The molecule has 0 spiro atoms. The van der Waals surface area contributed by atoms with Gasteiger partial charge in [0.25, 0.3) is 5.91 Å². The zero-order valence-corrected chi connectivity index (χ0v) is 22.6.